The second kappa shape index (κ2) is 15.1. The van der Waals surface area contributed by atoms with Gasteiger partial charge in [0.05, 0.1) is 17.4 Å². The predicted molar refractivity (Wildman–Crippen MR) is 158 cm³/mol. The van der Waals surface area contributed by atoms with Gasteiger partial charge in [-0.3, -0.25) is 9.69 Å². The van der Waals surface area contributed by atoms with Crippen molar-refractivity contribution >= 4 is 40.4 Å². The van der Waals surface area contributed by atoms with E-state index in [1.54, 1.807) is 30.3 Å². The van der Waals surface area contributed by atoms with Crippen LogP contribution in [0.2, 0.25) is 0 Å². The SMILES string of the molecule is CCCCNC(=O)Oc1cccc(CN(CCC)CCCOc2ccc3c(=O)c4ccccc4oc3c2)c1.Cl. The zero-order valence-corrected chi connectivity index (χ0v) is 23.4. The van der Waals surface area contributed by atoms with Crippen molar-refractivity contribution in [1.29, 1.82) is 0 Å². The zero-order chi connectivity index (χ0) is 26.7. The van der Waals surface area contributed by atoms with Gasteiger partial charge in [0.1, 0.15) is 22.7 Å². The van der Waals surface area contributed by atoms with Gasteiger partial charge in [-0.15, -0.1) is 12.4 Å². The number of nitrogens with one attached hydrogen (secondary N) is 1. The Morgan fingerprint density at radius 1 is 0.872 bits per heavy atom. The molecule has 0 atom stereocenters. The van der Waals surface area contributed by atoms with Crippen LogP contribution in [0.4, 0.5) is 4.79 Å². The summed E-state index contributed by atoms with van der Waals surface area (Å²) in [5.41, 5.74) is 2.16. The largest absolute Gasteiger partial charge is 0.493 e. The molecule has 0 spiro atoms. The van der Waals surface area contributed by atoms with Gasteiger partial charge in [0.25, 0.3) is 0 Å². The number of unbranched alkanes of at least 4 members (excludes halogenated alkanes) is 1. The van der Waals surface area contributed by atoms with Crippen molar-refractivity contribution in [1.82, 2.24) is 10.2 Å². The van der Waals surface area contributed by atoms with Crippen molar-refractivity contribution in [2.45, 2.75) is 46.1 Å². The fraction of sp³-hybridized carbons (Fsp3) is 0.355. The molecule has 0 radical (unpaired) electrons. The average molecular weight is 553 g/mol. The van der Waals surface area contributed by atoms with Gasteiger partial charge in [-0.05, 0) is 67.8 Å². The predicted octanol–water partition coefficient (Wildman–Crippen LogP) is 6.94. The molecule has 1 amide bonds. The van der Waals surface area contributed by atoms with Crippen LogP contribution >= 0.6 is 12.4 Å². The molecule has 0 aliphatic rings. The lowest BCUT2D eigenvalue weighted by atomic mass is 10.1. The maximum atomic E-state index is 12.7. The van der Waals surface area contributed by atoms with Gasteiger partial charge in [-0.1, -0.05) is 44.5 Å². The fourth-order valence-corrected chi connectivity index (χ4v) is 4.41. The third-order valence-electron chi connectivity index (χ3n) is 6.29. The molecule has 4 aromatic rings. The molecule has 1 N–H and O–H groups in total. The number of benzene rings is 3. The smallest absolute Gasteiger partial charge is 0.412 e. The summed E-state index contributed by atoms with van der Waals surface area (Å²) in [4.78, 5) is 27.1. The number of carbonyl (C=O) groups is 1. The Bertz CT molecular complexity index is 1420. The van der Waals surface area contributed by atoms with Crippen LogP contribution in [-0.2, 0) is 6.54 Å². The molecule has 4 rings (SSSR count). The summed E-state index contributed by atoms with van der Waals surface area (Å²) in [5, 5.41) is 3.91. The first-order valence-corrected chi connectivity index (χ1v) is 13.4. The maximum Gasteiger partial charge on any atom is 0.412 e. The normalized spacial score (nSPS) is 10.9. The first-order chi connectivity index (χ1) is 18.6. The highest BCUT2D eigenvalue weighted by atomic mass is 35.5. The topological polar surface area (TPSA) is 81.0 Å². The van der Waals surface area contributed by atoms with Crippen LogP contribution in [0.15, 0.2) is 75.9 Å². The van der Waals surface area contributed by atoms with Gasteiger partial charge < -0.3 is 19.2 Å². The van der Waals surface area contributed by atoms with Crippen LogP contribution in [0.25, 0.3) is 21.9 Å². The molecule has 7 nitrogen and oxygen atoms in total. The first kappa shape index (κ1) is 30.0. The van der Waals surface area contributed by atoms with Crippen LogP contribution in [-0.4, -0.2) is 37.2 Å². The second-order valence-electron chi connectivity index (χ2n) is 9.38. The van der Waals surface area contributed by atoms with E-state index in [1.807, 2.05) is 36.4 Å². The van der Waals surface area contributed by atoms with E-state index in [-0.39, 0.29) is 17.8 Å². The molecule has 0 unspecified atom stereocenters. The standard InChI is InChI=1S/C31H36N2O5.ClH/c1-3-5-16-32-31(35)37-25-11-8-10-23(20-25)22-33(17-4-2)18-9-19-36-24-14-15-27-29(21-24)38-28-13-7-6-12-26(28)30(27)34;/h6-8,10-15,20-21H,3-5,9,16-19,22H2,1-2H3,(H,32,35);1H. The van der Waals surface area contributed by atoms with Crippen molar-refractivity contribution in [2.24, 2.45) is 0 Å². The Balaban J connectivity index is 0.00000420. The lowest BCUT2D eigenvalue weighted by Crippen LogP contribution is -2.28. The second-order valence-corrected chi connectivity index (χ2v) is 9.38. The van der Waals surface area contributed by atoms with Crippen molar-refractivity contribution in [2.75, 3.05) is 26.2 Å². The minimum Gasteiger partial charge on any atom is -0.493 e. The van der Waals surface area contributed by atoms with E-state index >= 15 is 0 Å². The Hall–Kier alpha value is -3.55. The third-order valence-corrected chi connectivity index (χ3v) is 6.29. The summed E-state index contributed by atoms with van der Waals surface area (Å²) in [6, 6.07) is 20.3. The highest BCUT2D eigenvalue weighted by Gasteiger charge is 2.10. The number of nitrogens with zero attached hydrogens (tertiary/aromatic N) is 1. The van der Waals surface area contributed by atoms with Gasteiger partial charge in [0.15, 0.2) is 0 Å². The molecule has 0 saturated carbocycles. The molecule has 1 aromatic heterocycles. The Morgan fingerprint density at radius 3 is 2.51 bits per heavy atom. The summed E-state index contributed by atoms with van der Waals surface area (Å²) in [5.74, 6) is 1.23. The van der Waals surface area contributed by atoms with Gasteiger partial charge in [0, 0.05) is 25.7 Å². The number of amides is 1. The molecule has 39 heavy (non-hydrogen) atoms. The molecule has 8 heteroatoms. The number of hydrogen-bond acceptors (Lipinski definition) is 6. The summed E-state index contributed by atoms with van der Waals surface area (Å²) in [7, 11) is 0. The van der Waals surface area contributed by atoms with Crippen LogP contribution in [0.5, 0.6) is 11.5 Å². The first-order valence-electron chi connectivity index (χ1n) is 13.4. The number of hydrogen-bond donors (Lipinski definition) is 1. The van der Waals surface area contributed by atoms with Crippen LogP contribution in [0.3, 0.4) is 0 Å². The van der Waals surface area contributed by atoms with Crippen molar-refractivity contribution in [3.63, 3.8) is 0 Å². The van der Waals surface area contributed by atoms with E-state index in [9.17, 15) is 9.59 Å². The summed E-state index contributed by atoms with van der Waals surface area (Å²) in [6.07, 6.45) is 3.41. The molecule has 0 bridgehead atoms. The third kappa shape index (κ3) is 8.47. The van der Waals surface area contributed by atoms with Gasteiger partial charge in [0.2, 0.25) is 5.43 Å². The van der Waals surface area contributed by atoms with Gasteiger partial charge in [-0.2, -0.15) is 0 Å². The number of halogens is 1. The van der Waals surface area contributed by atoms with Crippen molar-refractivity contribution in [3.05, 3.63) is 82.5 Å². The number of ether oxygens (including phenoxy) is 2. The fourth-order valence-electron chi connectivity index (χ4n) is 4.41. The summed E-state index contributed by atoms with van der Waals surface area (Å²) < 4.78 is 17.4. The van der Waals surface area contributed by atoms with Gasteiger partial charge in [-0.25, -0.2) is 4.79 Å². The highest BCUT2D eigenvalue weighted by Crippen LogP contribution is 2.23. The zero-order valence-electron chi connectivity index (χ0n) is 22.6. The molecule has 0 saturated heterocycles. The molecular weight excluding hydrogens is 516 g/mol. The quantitative estimate of drug-likeness (QED) is 0.143. The Kier molecular flexibility index (Phi) is 11.6. The maximum absolute atomic E-state index is 12.7. The highest BCUT2D eigenvalue weighted by molar-refractivity contribution is 5.90. The molecule has 3 aromatic carbocycles. The number of fused-ring (bicyclic) bond motifs is 2. The summed E-state index contributed by atoms with van der Waals surface area (Å²) >= 11 is 0. The number of rotatable bonds is 13. The van der Waals surface area contributed by atoms with Crippen LogP contribution in [0.1, 0.15) is 45.1 Å². The number of para-hydroxylation sites is 1. The molecule has 0 aliphatic carbocycles. The van der Waals surface area contributed by atoms with Crippen molar-refractivity contribution < 1.29 is 18.7 Å². The molecule has 0 aliphatic heterocycles. The lowest BCUT2D eigenvalue weighted by Gasteiger charge is -2.22. The summed E-state index contributed by atoms with van der Waals surface area (Å²) in [6.45, 7) is 7.99. The number of carbonyl (C=O) groups excluding carboxylic acids is 1. The minimum absolute atomic E-state index is 0. The van der Waals surface area contributed by atoms with E-state index in [0.29, 0.717) is 46.6 Å². The Morgan fingerprint density at radius 2 is 1.69 bits per heavy atom. The molecule has 1 heterocycles. The van der Waals surface area contributed by atoms with Crippen LogP contribution in [0, 0.1) is 0 Å². The van der Waals surface area contributed by atoms with Crippen molar-refractivity contribution in [3.8, 4) is 11.5 Å². The molecule has 0 fully saturated rings. The monoisotopic (exact) mass is 552 g/mol. The minimum atomic E-state index is -0.417. The van der Waals surface area contributed by atoms with E-state index in [4.69, 9.17) is 13.9 Å². The molecule has 208 valence electrons. The van der Waals surface area contributed by atoms with Crippen LogP contribution < -0.4 is 20.2 Å². The lowest BCUT2D eigenvalue weighted by molar-refractivity contribution is 0.200. The van der Waals surface area contributed by atoms with E-state index < -0.39 is 6.09 Å². The van der Waals surface area contributed by atoms with E-state index in [2.05, 4.69) is 24.1 Å². The van der Waals surface area contributed by atoms with E-state index in [1.165, 1.54) is 0 Å². The van der Waals surface area contributed by atoms with Gasteiger partial charge >= 0.3 is 6.09 Å². The average Bonchev–Trinajstić information content (AvgIpc) is 2.91. The molecular formula is C31H37ClN2O5. The Labute approximate surface area is 235 Å². The van der Waals surface area contributed by atoms with E-state index in [0.717, 1.165) is 50.9 Å².